The Morgan fingerprint density at radius 2 is 2.04 bits per heavy atom. The molecule has 1 aromatic carbocycles. The van der Waals surface area contributed by atoms with Gasteiger partial charge in [0.25, 0.3) is 0 Å². The van der Waals surface area contributed by atoms with E-state index in [9.17, 15) is 9.59 Å². The molecule has 0 radical (unpaired) electrons. The van der Waals surface area contributed by atoms with Crippen molar-refractivity contribution in [3.05, 3.63) is 54.4 Å². The van der Waals surface area contributed by atoms with Gasteiger partial charge in [0, 0.05) is 44.5 Å². The van der Waals surface area contributed by atoms with E-state index in [0.29, 0.717) is 26.1 Å². The molecule has 1 aliphatic heterocycles. The van der Waals surface area contributed by atoms with Crippen molar-refractivity contribution in [3.8, 4) is 0 Å². The Morgan fingerprint density at radius 3 is 2.72 bits per heavy atom. The van der Waals surface area contributed by atoms with Gasteiger partial charge in [0.2, 0.25) is 11.8 Å². The molecular formula is C19H24N4O2. The van der Waals surface area contributed by atoms with Crippen LogP contribution in [0.1, 0.15) is 25.3 Å². The molecule has 1 aliphatic rings. The summed E-state index contributed by atoms with van der Waals surface area (Å²) in [6.45, 7) is 3.93. The van der Waals surface area contributed by atoms with E-state index in [-0.39, 0.29) is 24.4 Å². The molecule has 0 aliphatic carbocycles. The first-order valence-corrected chi connectivity index (χ1v) is 8.76. The smallest absolute Gasteiger partial charge is 0.244 e. The highest BCUT2D eigenvalue weighted by molar-refractivity contribution is 5.80. The Hall–Kier alpha value is -2.63. The lowest BCUT2D eigenvalue weighted by atomic mass is 10.1. The van der Waals surface area contributed by atoms with Crippen LogP contribution in [-0.4, -0.2) is 50.5 Å². The Labute approximate surface area is 148 Å². The van der Waals surface area contributed by atoms with Gasteiger partial charge in [-0.15, -0.1) is 0 Å². The number of nitrogens with zero attached hydrogens (tertiary/aromatic N) is 4. The minimum atomic E-state index is 0.0107. The molecule has 1 saturated heterocycles. The molecule has 1 atom stereocenters. The topological polar surface area (TPSA) is 58.4 Å². The van der Waals surface area contributed by atoms with Crippen molar-refractivity contribution in [2.75, 3.05) is 13.1 Å². The fraction of sp³-hybridized carbons (Fsp3) is 0.421. The molecule has 0 saturated carbocycles. The molecule has 2 heterocycles. The monoisotopic (exact) mass is 340 g/mol. The molecule has 1 unspecified atom stereocenters. The Bertz CT molecular complexity index is 699. The Morgan fingerprint density at radius 1 is 1.24 bits per heavy atom. The quantitative estimate of drug-likeness (QED) is 0.835. The van der Waals surface area contributed by atoms with Crippen LogP contribution < -0.4 is 0 Å². The molecular weight excluding hydrogens is 316 g/mol. The van der Waals surface area contributed by atoms with Gasteiger partial charge >= 0.3 is 0 Å². The van der Waals surface area contributed by atoms with E-state index >= 15 is 0 Å². The van der Waals surface area contributed by atoms with Crippen molar-refractivity contribution < 1.29 is 9.59 Å². The molecule has 1 aromatic heterocycles. The zero-order valence-corrected chi connectivity index (χ0v) is 14.5. The van der Waals surface area contributed by atoms with Crippen LogP contribution in [0.2, 0.25) is 0 Å². The fourth-order valence-electron chi connectivity index (χ4n) is 3.23. The van der Waals surface area contributed by atoms with E-state index in [4.69, 9.17) is 0 Å². The van der Waals surface area contributed by atoms with Crippen LogP contribution in [0.15, 0.2) is 48.8 Å². The fourth-order valence-corrected chi connectivity index (χ4v) is 3.23. The molecule has 25 heavy (non-hydrogen) atoms. The summed E-state index contributed by atoms with van der Waals surface area (Å²) < 4.78 is 1.62. The average Bonchev–Trinajstić information content (AvgIpc) is 3.08. The predicted molar refractivity (Wildman–Crippen MR) is 94.5 cm³/mol. The van der Waals surface area contributed by atoms with Crippen LogP contribution in [0, 0.1) is 0 Å². The highest BCUT2D eigenvalue weighted by atomic mass is 16.2. The second-order valence-electron chi connectivity index (χ2n) is 6.36. The maximum atomic E-state index is 12.6. The van der Waals surface area contributed by atoms with E-state index in [2.05, 4.69) is 12.0 Å². The number of aromatic nitrogens is 2. The zero-order chi connectivity index (χ0) is 17.6. The number of benzene rings is 1. The average molecular weight is 340 g/mol. The van der Waals surface area contributed by atoms with Gasteiger partial charge in [0.15, 0.2) is 0 Å². The molecule has 132 valence electrons. The van der Waals surface area contributed by atoms with Crippen LogP contribution in [-0.2, 0) is 22.7 Å². The van der Waals surface area contributed by atoms with Gasteiger partial charge in [0.05, 0.1) is 0 Å². The molecule has 0 N–H and O–H groups in total. The molecule has 2 amide bonds. The molecule has 0 spiro atoms. The second-order valence-corrected chi connectivity index (χ2v) is 6.36. The van der Waals surface area contributed by atoms with Crippen molar-refractivity contribution in [3.63, 3.8) is 0 Å². The predicted octanol–water partition coefficient (Wildman–Crippen LogP) is 1.92. The lowest BCUT2D eigenvalue weighted by molar-refractivity contribution is -0.133. The van der Waals surface area contributed by atoms with Crippen molar-refractivity contribution in [1.82, 2.24) is 19.6 Å². The number of carbonyl (C=O) groups is 2. The summed E-state index contributed by atoms with van der Waals surface area (Å²) in [6.07, 6.45) is 4.63. The standard InChI is InChI=1S/C19H24N4O2/c1-2-17-14-21(19(25)15-22-11-6-10-20-22)12-9-18(24)23(17)13-16-7-4-3-5-8-16/h3-8,10-11,17H,2,9,12-15H2,1H3. The zero-order valence-electron chi connectivity index (χ0n) is 14.5. The summed E-state index contributed by atoms with van der Waals surface area (Å²) >= 11 is 0. The molecule has 2 aromatic rings. The molecule has 6 heteroatoms. The third-order valence-corrected chi connectivity index (χ3v) is 4.66. The van der Waals surface area contributed by atoms with Crippen LogP contribution in [0.5, 0.6) is 0 Å². The van der Waals surface area contributed by atoms with Crippen molar-refractivity contribution in [1.29, 1.82) is 0 Å². The first-order chi connectivity index (χ1) is 12.2. The van der Waals surface area contributed by atoms with Gasteiger partial charge in [-0.2, -0.15) is 5.10 Å². The largest absolute Gasteiger partial charge is 0.339 e. The lowest BCUT2D eigenvalue weighted by Crippen LogP contribution is -2.44. The van der Waals surface area contributed by atoms with Gasteiger partial charge in [-0.1, -0.05) is 37.3 Å². The molecule has 1 fully saturated rings. The van der Waals surface area contributed by atoms with Gasteiger partial charge in [0.1, 0.15) is 6.54 Å². The summed E-state index contributed by atoms with van der Waals surface area (Å²) in [7, 11) is 0. The lowest BCUT2D eigenvalue weighted by Gasteiger charge is -2.31. The molecule has 3 rings (SSSR count). The van der Waals surface area contributed by atoms with E-state index in [0.717, 1.165) is 12.0 Å². The van der Waals surface area contributed by atoms with Gasteiger partial charge < -0.3 is 9.80 Å². The highest BCUT2D eigenvalue weighted by Gasteiger charge is 2.30. The van der Waals surface area contributed by atoms with Gasteiger partial charge in [-0.05, 0) is 18.1 Å². The van der Waals surface area contributed by atoms with E-state index in [1.807, 2.05) is 35.2 Å². The third kappa shape index (κ3) is 4.26. The summed E-state index contributed by atoms with van der Waals surface area (Å²) in [6, 6.07) is 11.8. The highest BCUT2D eigenvalue weighted by Crippen LogP contribution is 2.18. The maximum Gasteiger partial charge on any atom is 0.244 e. The van der Waals surface area contributed by atoms with Crippen LogP contribution in [0.25, 0.3) is 0 Å². The normalized spacial score (nSPS) is 18.3. The Kier molecular flexibility index (Phi) is 5.48. The third-order valence-electron chi connectivity index (χ3n) is 4.66. The molecule has 0 bridgehead atoms. The van der Waals surface area contributed by atoms with E-state index in [1.54, 1.807) is 28.0 Å². The van der Waals surface area contributed by atoms with Crippen molar-refractivity contribution in [2.45, 2.75) is 38.9 Å². The SMILES string of the molecule is CCC1CN(C(=O)Cn2cccn2)CCC(=O)N1Cc1ccccc1. The number of hydrogen-bond acceptors (Lipinski definition) is 3. The van der Waals surface area contributed by atoms with Gasteiger partial charge in [-0.25, -0.2) is 0 Å². The van der Waals surface area contributed by atoms with E-state index in [1.165, 1.54) is 0 Å². The second kappa shape index (κ2) is 7.96. The van der Waals surface area contributed by atoms with Crippen LogP contribution in [0.4, 0.5) is 0 Å². The number of carbonyl (C=O) groups excluding carboxylic acids is 2. The number of amides is 2. The number of hydrogen-bond donors (Lipinski definition) is 0. The minimum Gasteiger partial charge on any atom is -0.339 e. The Balaban J connectivity index is 1.70. The van der Waals surface area contributed by atoms with E-state index < -0.39 is 0 Å². The summed E-state index contributed by atoms with van der Waals surface area (Å²) in [5.41, 5.74) is 1.12. The first-order valence-electron chi connectivity index (χ1n) is 8.76. The van der Waals surface area contributed by atoms with Crippen LogP contribution in [0.3, 0.4) is 0 Å². The summed E-state index contributed by atoms with van der Waals surface area (Å²) in [5, 5.41) is 4.09. The molecule has 6 nitrogen and oxygen atoms in total. The van der Waals surface area contributed by atoms with Gasteiger partial charge in [-0.3, -0.25) is 14.3 Å². The maximum absolute atomic E-state index is 12.6. The first kappa shape index (κ1) is 17.2. The summed E-state index contributed by atoms with van der Waals surface area (Å²) in [5.74, 6) is 0.126. The summed E-state index contributed by atoms with van der Waals surface area (Å²) in [4.78, 5) is 29.0. The van der Waals surface area contributed by atoms with Crippen molar-refractivity contribution in [2.24, 2.45) is 0 Å². The van der Waals surface area contributed by atoms with Crippen molar-refractivity contribution >= 4 is 11.8 Å². The minimum absolute atomic E-state index is 0.0107. The number of rotatable bonds is 5. The van der Waals surface area contributed by atoms with Crippen LogP contribution >= 0.6 is 0 Å².